The maximum atomic E-state index is 5.33. The Balaban J connectivity index is 2.81. The van der Waals surface area contributed by atoms with Gasteiger partial charge in [-0.3, -0.25) is 0 Å². The summed E-state index contributed by atoms with van der Waals surface area (Å²) < 4.78 is 5.33. The fourth-order valence-electron chi connectivity index (χ4n) is 1.68. The zero-order chi connectivity index (χ0) is 9.97. The van der Waals surface area contributed by atoms with Crippen LogP contribution >= 0.6 is 0 Å². The van der Waals surface area contributed by atoms with E-state index in [-0.39, 0.29) is 0 Å². The normalized spacial score (nSPS) is 10.1. The number of benzene rings is 2. The molecule has 0 heterocycles. The van der Waals surface area contributed by atoms with Crippen LogP contribution in [0.1, 0.15) is 0 Å². The highest BCUT2D eigenvalue weighted by Crippen LogP contribution is 2.31. The monoisotopic (exact) mass is 187 g/mol. The molecule has 0 aromatic heterocycles. The Morgan fingerprint density at radius 1 is 1.07 bits per heavy atom. The van der Waals surface area contributed by atoms with E-state index in [2.05, 4.69) is 17.4 Å². The van der Waals surface area contributed by atoms with Crippen LogP contribution in [0.5, 0.6) is 5.75 Å². The Morgan fingerprint density at radius 3 is 2.43 bits per heavy atom. The number of fused-ring (bicyclic) bond motifs is 1. The quantitative estimate of drug-likeness (QED) is 0.780. The Kier molecular flexibility index (Phi) is 2.27. The van der Waals surface area contributed by atoms with E-state index in [9.17, 15) is 0 Å². The highest BCUT2D eigenvalue weighted by atomic mass is 16.5. The van der Waals surface area contributed by atoms with E-state index in [1.54, 1.807) is 7.11 Å². The van der Waals surface area contributed by atoms with Gasteiger partial charge in [-0.25, -0.2) is 0 Å². The van der Waals surface area contributed by atoms with Gasteiger partial charge in [0.25, 0.3) is 0 Å². The lowest BCUT2D eigenvalue weighted by Crippen LogP contribution is -1.92. The van der Waals surface area contributed by atoms with Crippen LogP contribution < -0.4 is 10.1 Å². The molecule has 1 N–H and O–H groups in total. The minimum Gasteiger partial charge on any atom is -0.496 e. The molecule has 0 spiro atoms. The molecular formula is C12H13NO. The zero-order valence-electron chi connectivity index (χ0n) is 8.37. The topological polar surface area (TPSA) is 21.3 Å². The zero-order valence-corrected chi connectivity index (χ0v) is 8.37. The van der Waals surface area contributed by atoms with Gasteiger partial charge in [-0.2, -0.15) is 0 Å². The van der Waals surface area contributed by atoms with Gasteiger partial charge in [-0.15, -0.1) is 0 Å². The van der Waals surface area contributed by atoms with Crippen LogP contribution in [-0.4, -0.2) is 14.2 Å². The molecule has 2 rings (SSSR count). The number of ether oxygens (including phenoxy) is 1. The minimum atomic E-state index is 0.910. The van der Waals surface area contributed by atoms with Crippen molar-refractivity contribution in [1.29, 1.82) is 0 Å². The van der Waals surface area contributed by atoms with Crippen LogP contribution in [-0.2, 0) is 0 Å². The molecule has 0 aliphatic rings. The summed E-state index contributed by atoms with van der Waals surface area (Å²) in [5.74, 6) is 0.910. The van der Waals surface area contributed by atoms with Crippen molar-refractivity contribution < 1.29 is 4.74 Å². The second-order valence-electron chi connectivity index (χ2n) is 3.11. The number of anilines is 1. The first-order valence-electron chi connectivity index (χ1n) is 4.60. The predicted octanol–water partition coefficient (Wildman–Crippen LogP) is 2.89. The lowest BCUT2D eigenvalue weighted by molar-refractivity contribution is 0.420. The molecule has 2 heteroatoms. The van der Waals surface area contributed by atoms with Gasteiger partial charge < -0.3 is 10.1 Å². The lowest BCUT2D eigenvalue weighted by Gasteiger charge is -2.09. The fourth-order valence-corrected chi connectivity index (χ4v) is 1.68. The molecule has 2 nitrogen and oxygen atoms in total. The molecule has 0 atom stereocenters. The van der Waals surface area contributed by atoms with Crippen LogP contribution in [0.25, 0.3) is 10.8 Å². The average molecular weight is 187 g/mol. The second-order valence-corrected chi connectivity index (χ2v) is 3.11. The molecule has 0 fully saturated rings. The van der Waals surface area contributed by atoms with Crippen molar-refractivity contribution in [2.45, 2.75) is 0 Å². The van der Waals surface area contributed by atoms with Gasteiger partial charge in [0.2, 0.25) is 0 Å². The van der Waals surface area contributed by atoms with Crippen molar-refractivity contribution in [1.82, 2.24) is 0 Å². The van der Waals surface area contributed by atoms with Crippen molar-refractivity contribution in [3.8, 4) is 5.75 Å². The van der Waals surface area contributed by atoms with Crippen LogP contribution in [0.4, 0.5) is 5.69 Å². The molecule has 0 saturated carbocycles. The van der Waals surface area contributed by atoms with Crippen LogP contribution in [0.2, 0.25) is 0 Å². The summed E-state index contributed by atoms with van der Waals surface area (Å²) in [6, 6.07) is 12.2. The van der Waals surface area contributed by atoms with Crippen molar-refractivity contribution >= 4 is 16.5 Å². The molecule has 14 heavy (non-hydrogen) atoms. The smallest absolute Gasteiger partial charge is 0.128 e. The van der Waals surface area contributed by atoms with Crippen LogP contribution in [0.15, 0.2) is 36.4 Å². The summed E-state index contributed by atoms with van der Waals surface area (Å²) in [6.45, 7) is 0. The maximum absolute atomic E-state index is 5.33. The summed E-state index contributed by atoms with van der Waals surface area (Å²) in [5, 5.41) is 5.49. The number of hydrogen-bond acceptors (Lipinski definition) is 2. The number of rotatable bonds is 2. The molecule has 0 unspecified atom stereocenters. The molecule has 0 bridgehead atoms. The number of nitrogens with one attached hydrogen (secondary N) is 1. The van der Waals surface area contributed by atoms with E-state index in [1.165, 1.54) is 5.39 Å². The van der Waals surface area contributed by atoms with Crippen molar-refractivity contribution in [2.24, 2.45) is 0 Å². The summed E-state index contributed by atoms with van der Waals surface area (Å²) in [4.78, 5) is 0. The molecule has 0 radical (unpaired) electrons. The molecule has 0 aliphatic heterocycles. The van der Waals surface area contributed by atoms with E-state index in [1.807, 2.05) is 31.3 Å². The first kappa shape index (κ1) is 8.88. The lowest BCUT2D eigenvalue weighted by atomic mass is 10.1. The fraction of sp³-hybridized carbons (Fsp3) is 0.167. The van der Waals surface area contributed by atoms with Crippen molar-refractivity contribution in [3.63, 3.8) is 0 Å². The molecule has 0 amide bonds. The standard InChI is InChI=1S/C12H13NO/c1-13-10-7-3-5-9-6-4-8-11(14-2)12(9)10/h3-8,13H,1-2H3. The summed E-state index contributed by atoms with van der Waals surface area (Å²) in [6.07, 6.45) is 0. The third kappa shape index (κ3) is 1.29. The number of methoxy groups -OCH3 is 1. The first-order valence-corrected chi connectivity index (χ1v) is 4.60. The molecule has 0 aliphatic carbocycles. The average Bonchev–Trinajstić information content (AvgIpc) is 2.27. The van der Waals surface area contributed by atoms with Crippen molar-refractivity contribution in [2.75, 3.05) is 19.5 Å². The first-order chi connectivity index (χ1) is 6.86. The summed E-state index contributed by atoms with van der Waals surface area (Å²) in [7, 11) is 3.61. The molecule has 2 aromatic rings. The summed E-state index contributed by atoms with van der Waals surface area (Å²) in [5.41, 5.74) is 1.10. The van der Waals surface area contributed by atoms with Gasteiger partial charge >= 0.3 is 0 Å². The van der Waals surface area contributed by atoms with E-state index < -0.39 is 0 Å². The van der Waals surface area contributed by atoms with E-state index in [0.29, 0.717) is 0 Å². The minimum absolute atomic E-state index is 0.910. The molecular weight excluding hydrogens is 174 g/mol. The Labute approximate surface area is 83.5 Å². The third-order valence-corrected chi connectivity index (χ3v) is 2.36. The SMILES string of the molecule is CNc1cccc2cccc(OC)c12. The molecule has 72 valence electrons. The maximum Gasteiger partial charge on any atom is 0.128 e. The Hall–Kier alpha value is -1.70. The van der Waals surface area contributed by atoms with Crippen LogP contribution in [0, 0.1) is 0 Å². The van der Waals surface area contributed by atoms with Gasteiger partial charge in [0, 0.05) is 18.1 Å². The van der Waals surface area contributed by atoms with Crippen LogP contribution in [0.3, 0.4) is 0 Å². The largest absolute Gasteiger partial charge is 0.496 e. The van der Waals surface area contributed by atoms with Gasteiger partial charge in [-0.1, -0.05) is 24.3 Å². The highest BCUT2D eigenvalue weighted by Gasteiger charge is 2.04. The summed E-state index contributed by atoms with van der Waals surface area (Å²) >= 11 is 0. The highest BCUT2D eigenvalue weighted by molar-refractivity contribution is 5.98. The third-order valence-electron chi connectivity index (χ3n) is 2.36. The predicted molar refractivity (Wildman–Crippen MR) is 60.0 cm³/mol. The van der Waals surface area contributed by atoms with Gasteiger partial charge in [-0.05, 0) is 17.5 Å². The second kappa shape index (κ2) is 3.58. The Morgan fingerprint density at radius 2 is 1.79 bits per heavy atom. The van der Waals surface area contributed by atoms with E-state index >= 15 is 0 Å². The van der Waals surface area contributed by atoms with E-state index in [0.717, 1.165) is 16.8 Å². The van der Waals surface area contributed by atoms with Crippen molar-refractivity contribution in [3.05, 3.63) is 36.4 Å². The van der Waals surface area contributed by atoms with Gasteiger partial charge in [0.1, 0.15) is 5.75 Å². The molecule has 2 aromatic carbocycles. The number of hydrogen-bond donors (Lipinski definition) is 1. The van der Waals surface area contributed by atoms with E-state index in [4.69, 9.17) is 4.74 Å². The molecule has 0 saturated heterocycles. The van der Waals surface area contributed by atoms with Gasteiger partial charge in [0.05, 0.1) is 7.11 Å². The Bertz CT molecular complexity index is 412. The van der Waals surface area contributed by atoms with Gasteiger partial charge in [0.15, 0.2) is 0 Å².